The zero-order valence-corrected chi connectivity index (χ0v) is 22.4. The third-order valence-corrected chi connectivity index (χ3v) is 7.05. The average molecular weight is 541 g/mol. The maximum absolute atomic E-state index is 13.5. The fourth-order valence-electron chi connectivity index (χ4n) is 4.83. The van der Waals surface area contributed by atoms with Crippen molar-refractivity contribution < 1.29 is 24.2 Å². The lowest BCUT2D eigenvalue weighted by Crippen LogP contribution is -2.48. The Morgan fingerprint density at radius 2 is 1.43 bits per heavy atom. The van der Waals surface area contributed by atoms with E-state index in [0.29, 0.717) is 19.3 Å². The summed E-state index contributed by atoms with van der Waals surface area (Å²) in [6.45, 7) is -0.306. The minimum absolute atomic E-state index is 0.00785. The van der Waals surface area contributed by atoms with E-state index >= 15 is 0 Å². The number of rotatable bonds is 8. The summed E-state index contributed by atoms with van der Waals surface area (Å²) in [6, 6.07) is 27.4. The fraction of sp³-hybridized carbons (Fsp3) is 0.303. The SMILES string of the molecule is O=C1OCC(Cc2ccccc2)NC(=O)C(C(=O)N[C@@H](CO)c2ccccc2)CC=CCC1Cc1ccccc1. The van der Waals surface area contributed by atoms with Gasteiger partial charge in [0.2, 0.25) is 11.8 Å². The predicted molar refractivity (Wildman–Crippen MR) is 153 cm³/mol. The molecule has 0 spiro atoms. The van der Waals surface area contributed by atoms with E-state index in [9.17, 15) is 19.5 Å². The van der Waals surface area contributed by atoms with Crippen molar-refractivity contribution in [2.75, 3.05) is 13.2 Å². The summed E-state index contributed by atoms with van der Waals surface area (Å²) in [5, 5.41) is 15.7. The molecule has 1 aliphatic heterocycles. The van der Waals surface area contributed by atoms with Gasteiger partial charge in [-0.2, -0.15) is 0 Å². The van der Waals surface area contributed by atoms with Gasteiger partial charge in [-0.25, -0.2) is 0 Å². The van der Waals surface area contributed by atoms with Crippen molar-refractivity contribution in [3.63, 3.8) is 0 Å². The lowest BCUT2D eigenvalue weighted by Gasteiger charge is -2.25. The van der Waals surface area contributed by atoms with Crippen LogP contribution < -0.4 is 10.6 Å². The number of nitrogens with one attached hydrogen (secondary N) is 2. The molecular formula is C33H36N2O5. The summed E-state index contributed by atoms with van der Waals surface area (Å²) in [6.07, 6.45) is 5.17. The van der Waals surface area contributed by atoms with Gasteiger partial charge in [-0.15, -0.1) is 0 Å². The highest BCUT2D eigenvalue weighted by Crippen LogP contribution is 2.19. The van der Waals surface area contributed by atoms with Crippen molar-refractivity contribution in [3.8, 4) is 0 Å². The van der Waals surface area contributed by atoms with Gasteiger partial charge in [0.15, 0.2) is 0 Å². The van der Waals surface area contributed by atoms with E-state index in [2.05, 4.69) is 10.6 Å². The van der Waals surface area contributed by atoms with Gasteiger partial charge < -0.3 is 20.5 Å². The molecule has 0 aromatic heterocycles. The van der Waals surface area contributed by atoms with Crippen molar-refractivity contribution in [3.05, 3.63) is 120 Å². The standard InChI is InChI=1S/C33H36N2O5/c36-22-30(26-16-8-3-9-17-26)35-32(38)29-19-11-10-18-27(20-24-12-4-1-5-13-24)33(39)40-23-28(34-31(29)37)21-25-14-6-2-7-15-25/h1-17,27-30,36H,18-23H2,(H,34,37)(H,35,38)/t27?,28?,29?,30-/m0/s1. The third-order valence-electron chi connectivity index (χ3n) is 7.05. The van der Waals surface area contributed by atoms with E-state index in [1.54, 1.807) is 6.08 Å². The Hall–Kier alpha value is -4.23. The van der Waals surface area contributed by atoms with Crippen LogP contribution in [-0.2, 0) is 32.0 Å². The topological polar surface area (TPSA) is 105 Å². The smallest absolute Gasteiger partial charge is 0.309 e. The van der Waals surface area contributed by atoms with E-state index in [1.807, 2.05) is 97.1 Å². The second-order valence-corrected chi connectivity index (χ2v) is 10.1. The quantitative estimate of drug-likeness (QED) is 0.228. The molecule has 3 unspecified atom stereocenters. The van der Waals surface area contributed by atoms with Crippen LogP contribution in [0.5, 0.6) is 0 Å². The molecule has 3 N–H and O–H groups in total. The number of hydrogen-bond donors (Lipinski definition) is 3. The Morgan fingerprint density at radius 3 is 2.05 bits per heavy atom. The highest BCUT2D eigenvalue weighted by molar-refractivity contribution is 6.00. The molecule has 0 radical (unpaired) electrons. The molecule has 7 nitrogen and oxygen atoms in total. The molecule has 0 saturated carbocycles. The van der Waals surface area contributed by atoms with Crippen molar-refractivity contribution in [2.24, 2.45) is 11.8 Å². The number of cyclic esters (lactones) is 1. The minimum Gasteiger partial charge on any atom is -0.463 e. The molecule has 40 heavy (non-hydrogen) atoms. The van der Waals surface area contributed by atoms with Gasteiger partial charge in [0.05, 0.1) is 24.6 Å². The predicted octanol–water partition coefficient (Wildman–Crippen LogP) is 3.93. The molecule has 2 amide bonds. The highest BCUT2D eigenvalue weighted by Gasteiger charge is 2.31. The second kappa shape index (κ2) is 14.8. The van der Waals surface area contributed by atoms with Gasteiger partial charge in [0.25, 0.3) is 0 Å². The van der Waals surface area contributed by atoms with Crippen molar-refractivity contribution in [1.82, 2.24) is 10.6 Å². The van der Waals surface area contributed by atoms with Crippen LogP contribution in [0.25, 0.3) is 0 Å². The molecule has 208 valence electrons. The fourth-order valence-corrected chi connectivity index (χ4v) is 4.83. The molecule has 4 rings (SSSR count). The molecule has 1 aliphatic rings. The van der Waals surface area contributed by atoms with Gasteiger partial charge in [-0.3, -0.25) is 14.4 Å². The van der Waals surface area contributed by atoms with Gasteiger partial charge in [0.1, 0.15) is 12.5 Å². The van der Waals surface area contributed by atoms with Crippen LogP contribution in [0.1, 0.15) is 35.6 Å². The molecule has 1 heterocycles. The minimum atomic E-state index is -1.02. The van der Waals surface area contributed by atoms with Crippen LogP contribution in [0.15, 0.2) is 103 Å². The van der Waals surface area contributed by atoms with Gasteiger partial charge in [-0.05, 0) is 42.4 Å². The first-order chi connectivity index (χ1) is 19.5. The van der Waals surface area contributed by atoms with Gasteiger partial charge in [0, 0.05) is 0 Å². The normalized spacial score (nSPS) is 20.8. The molecule has 0 saturated heterocycles. The number of carbonyl (C=O) groups is 3. The Labute approximate surface area is 235 Å². The van der Waals surface area contributed by atoms with Crippen LogP contribution in [0, 0.1) is 11.8 Å². The van der Waals surface area contributed by atoms with Crippen LogP contribution in [-0.4, -0.2) is 42.1 Å². The Morgan fingerprint density at radius 1 is 0.850 bits per heavy atom. The van der Waals surface area contributed by atoms with Gasteiger partial charge >= 0.3 is 5.97 Å². The van der Waals surface area contributed by atoms with E-state index in [4.69, 9.17) is 4.74 Å². The first-order valence-electron chi connectivity index (χ1n) is 13.7. The maximum Gasteiger partial charge on any atom is 0.309 e. The number of amides is 2. The zero-order valence-electron chi connectivity index (χ0n) is 22.4. The Kier molecular flexibility index (Phi) is 10.6. The van der Waals surface area contributed by atoms with Crippen LogP contribution in [0.3, 0.4) is 0 Å². The Bertz CT molecular complexity index is 1260. The molecule has 0 bridgehead atoms. The molecule has 0 fully saturated rings. The second-order valence-electron chi connectivity index (χ2n) is 10.1. The first kappa shape index (κ1) is 28.8. The summed E-state index contributed by atoms with van der Waals surface area (Å²) >= 11 is 0. The van der Waals surface area contributed by atoms with Crippen LogP contribution in [0.2, 0.25) is 0 Å². The summed E-state index contributed by atoms with van der Waals surface area (Å²) in [4.78, 5) is 40.0. The van der Waals surface area contributed by atoms with Crippen molar-refractivity contribution >= 4 is 17.8 Å². The van der Waals surface area contributed by atoms with E-state index < -0.39 is 35.7 Å². The Balaban J connectivity index is 1.55. The number of aliphatic hydroxyl groups is 1. The van der Waals surface area contributed by atoms with E-state index in [0.717, 1.165) is 16.7 Å². The summed E-state index contributed by atoms with van der Waals surface area (Å²) in [7, 11) is 0. The number of aliphatic hydroxyl groups excluding tert-OH is 1. The number of esters is 1. The number of ether oxygens (including phenoxy) is 1. The molecule has 4 atom stereocenters. The van der Waals surface area contributed by atoms with Crippen LogP contribution >= 0.6 is 0 Å². The lowest BCUT2D eigenvalue weighted by molar-refractivity contribution is -0.150. The maximum atomic E-state index is 13.5. The average Bonchev–Trinajstić information content (AvgIpc) is 2.98. The molecule has 0 aliphatic carbocycles. The zero-order chi connectivity index (χ0) is 28.2. The molecule has 3 aromatic rings. The number of allylic oxidation sites excluding steroid dienone is 2. The highest BCUT2D eigenvalue weighted by atomic mass is 16.5. The number of hydrogen-bond acceptors (Lipinski definition) is 5. The number of benzene rings is 3. The van der Waals surface area contributed by atoms with Crippen molar-refractivity contribution in [1.29, 1.82) is 0 Å². The summed E-state index contributed by atoms with van der Waals surface area (Å²) in [5.74, 6) is -2.65. The summed E-state index contributed by atoms with van der Waals surface area (Å²) in [5.41, 5.74) is 2.76. The van der Waals surface area contributed by atoms with Crippen molar-refractivity contribution in [2.45, 2.75) is 37.8 Å². The van der Waals surface area contributed by atoms with E-state index in [-0.39, 0.29) is 25.6 Å². The molecular weight excluding hydrogens is 504 g/mol. The summed E-state index contributed by atoms with van der Waals surface area (Å²) < 4.78 is 5.75. The largest absolute Gasteiger partial charge is 0.463 e. The number of carbonyl (C=O) groups excluding carboxylic acids is 3. The molecule has 7 heteroatoms. The van der Waals surface area contributed by atoms with Crippen LogP contribution in [0.4, 0.5) is 0 Å². The molecule has 3 aromatic carbocycles. The van der Waals surface area contributed by atoms with E-state index in [1.165, 1.54) is 0 Å². The third kappa shape index (κ3) is 8.38. The first-order valence-corrected chi connectivity index (χ1v) is 13.7. The monoisotopic (exact) mass is 540 g/mol. The van der Waals surface area contributed by atoms with Gasteiger partial charge in [-0.1, -0.05) is 103 Å². The lowest BCUT2D eigenvalue weighted by atomic mass is 9.94.